The van der Waals surface area contributed by atoms with Crippen LogP contribution in [0, 0.1) is 23.4 Å². The highest BCUT2D eigenvalue weighted by atomic mass is 32.2. The summed E-state index contributed by atoms with van der Waals surface area (Å²) in [7, 11) is -2.28. The molecule has 0 spiro atoms. The molecule has 2 amide bonds. The van der Waals surface area contributed by atoms with Crippen molar-refractivity contribution in [3.8, 4) is 0 Å². The van der Waals surface area contributed by atoms with Gasteiger partial charge in [0.05, 0.1) is 23.6 Å². The zero-order chi connectivity index (χ0) is 34.0. The molecule has 3 aliphatic heterocycles. The highest BCUT2D eigenvalue weighted by Crippen LogP contribution is 2.41. The van der Waals surface area contributed by atoms with Crippen LogP contribution in [0.25, 0.3) is 0 Å². The molecule has 258 valence electrons. The summed E-state index contributed by atoms with van der Waals surface area (Å²) in [6.45, 7) is 4.43. The zero-order valence-electron chi connectivity index (χ0n) is 26.8. The van der Waals surface area contributed by atoms with Gasteiger partial charge in [-0.1, -0.05) is 12.1 Å². The van der Waals surface area contributed by atoms with E-state index in [2.05, 4.69) is 10.6 Å². The maximum atomic E-state index is 15.5. The number of piperazine rings is 1. The molecular formula is C33H43F3N4O6S. The first-order chi connectivity index (χ1) is 22.2. The number of likely N-dealkylation sites (N-methyl/N-ethyl adjacent to an activating group) is 1. The van der Waals surface area contributed by atoms with Gasteiger partial charge in [0.1, 0.15) is 23.5 Å². The van der Waals surface area contributed by atoms with Gasteiger partial charge in [0.2, 0.25) is 15.9 Å². The molecule has 0 aliphatic carbocycles. The normalized spacial score (nSPS) is 28.5. The molecule has 0 saturated carbocycles. The Hall–Kier alpha value is -3.20. The average Bonchev–Trinajstić information content (AvgIpc) is 3.12. The Bertz CT molecular complexity index is 1550. The van der Waals surface area contributed by atoms with Crippen LogP contribution in [0.3, 0.4) is 0 Å². The van der Waals surface area contributed by atoms with Crippen molar-refractivity contribution in [3.05, 3.63) is 65.0 Å². The largest absolute Gasteiger partial charge is 0.465 e. The molecule has 2 unspecified atom stereocenters. The number of nitrogens with zero attached hydrogens (tertiary/aromatic N) is 2. The first kappa shape index (κ1) is 35.1. The number of amides is 2. The van der Waals surface area contributed by atoms with E-state index in [-0.39, 0.29) is 48.3 Å². The fourth-order valence-electron chi connectivity index (χ4n) is 7.57. The number of carbonyl (C=O) groups is 2. The monoisotopic (exact) mass is 680 g/mol. The summed E-state index contributed by atoms with van der Waals surface area (Å²) in [6, 6.07) is 5.46. The second-order valence-electron chi connectivity index (χ2n) is 13.1. The maximum Gasteiger partial charge on any atom is 0.407 e. The Labute approximate surface area is 273 Å². The van der Waals surface area contributed by atoms with E-state index in [1.165, 1.54) is 35.6 Å². The number of carboxylic acid groups (broad SMARTS) is 1. The number of carbonyl (C=O) groups excluding carboxylic acids is 1. The average molecular weight is 681 g/mol. The van der Waals surface area contributed by atoms with Crippen molar-refractivity contribution in [1.29, 1.82) is 0 Å². The van der Waals surface area contributed by atoms with Crippen LogP contribution in [-0.2, 0) is 26.0 Å². The lowest BCUT2D eigenvalue weighted by Gasteiger charge is -2.42. The number of hydrogen-bond donors (Lipinski definition) is 3. The predicted octanol–water partition coefficient (Wildman–Crippen LogP) is 4.71. The summed E-state index contributed by atoms with van der Waals surface area (Å²) >= 11 is 0. The summed E-state index contributed by atoms with van der Waals surface area (Å²) in [6.07, 6.45) is 0.507. The smallest absolute Gasteiger partial charge is 0.407 e. The number of halogens is 3. The Balaban J connectivity index is 1.47. The minimum absolute atomic E-state index is 0.0235. The summed E-state index contributed by atoms with van der Waals surface area (Å²) in [5.41, 5.74) is -0.0468. The van der Waals surface area contributed by atoms with E-state index in [0.29, 0.717) is 37.9 Å². The lowest BCUT2D eigenvalue weighted by molar-refractivity contribution is -0.123. The van der Waals surface area contributed by atoms with Crippen LogP contribution in [0.4, 0.5) is 23.7 Å². The fourth-order valence-corrected chi connectivity index (χ4v) is 9.38. The van der Waals surface area contributed by atoms with E-state index in [1.807, 2.05) is 13.8 Å². The molecule has 3 saturated heterocycles. The van der Waals surface area contributed by atoms with Gasteiger partial charge in [-0.3, -0.25) is 9.69 Å². The minimum Gasteiger partial charge on any atom is -0.465 e. The van der Waals surface area contributed by atoms with E-state index in [0.717, 1.165) is 23.5 Å². The van der Waals surface area contributed by atoms with Crippen LogP contribution < -0.4 is 10.6 Å². The van der Waals surface area contributed by atoms with Crippen molar-refractivity contribution < 1.29 is 41.0 Å². The summed E-state index contributed by atoms with van der Waals surface area (Å²) in [4.78, 5) is 27.5. The molecule has 2 aromatic carbocycles. The van der Waals surface area contributed by atoms with E-state index >= 15 is 8.78 Å². The molecule has 2 aromatic rings. The molecule has 47 heavy (non-hydrogen) atoms. The SMILES string of the molecule is C[C@@H]1CC([C@H](c2ccc(F)cc2)[C@@H](C(=O)Nc2c(F)ccc(F)c2CC[C@H]2CN[C@@H]3CCCS(=O)(=O)N2C3)N(C)C(=O)O)C[C@H](C)O1. The number of sulfonamides is 1. The molecular weight excluding hydrogens is 637 g/mol. The summed E-state index contributed by atoms with van der Waals surface area (Å²) in [5.74, 6) is -4.10. The third kappa shape index (κ3) is 7.93. The van der Waals surface area contributed by atoms with Crippen LogP contribution in [0.15, 0.2) is 36.4 Å². The van der Waals surface area contributed by atoms with Crippen LogP contribution >= 0.6 is 0 Å². The number of fused-ring (bicyclic) bond motifs is 2. The first-order valence-corrected chi connectivity index (χ1v) is 17.7. The number of benzene rings is 2. The van der Waals surface area contributed by atoms with Gasteiger partial charge in [0, 0.05) is 43.7 Å². The van der Waals surface area contributed by atoms with Crippen molar-refractivity contribution in [2.75, 3.05) is 31.2 Å². The number of ether oxygens (including phenoxy) is 1. The standard InChI is InChI=1S/C33H43F3N4O6S/c1-19-15-22(16-20(2)46-19)29(21-6-8-23(34)9-7-21)31(39(3)33(42)43)32(41)38-30-26(27(35)12-13-28(30)36)11-10-25-17-37-24-5-4-14-47(44,45)40(25)18-24/h6-9,12-13,19-20,22,24-25,29,31,37H,4-5,10-11,14-18H2,1-3H3,(H,38,41)(H,42,43)/t19-,20+,22?,24-,25+,29+,31+/m1/s1. The topological polar surface area (TPSA) is 128 Å². The second-order valence-corrected chi connectivity index (χ2v) is 15.1. The minimum atomic E-state index is -3.52. The number of rotatable bonds is 9. The van der Waals surface area contributed by atoms with Crippen molar-refractivity contribution in [2.45, 2.75) is 88.6 Å². The third-order valence-corrected chi connectivity index (χ3v) is 11.7. The molecule has 5 rings (SSSR count). The van der Waals surface area contributed by atoms with Gasteiger partial charge in [-0.15, -0.1) is 0 Å². The van der Waals surface area contributed by atoms with Crippen LogP contribution in [-0.4, -0.2) is 91.0 Å². The molecule has 3 heterocycles. The second kappa shape index (κ2) is 14.5. The van der Waals surface area contributed by atoms with Crippen LogP contribution in [0.1, 0.15) is 63.0 Å². The highest BCUT2D eigenvalue weighted by Gasteiger charge is 2.43. The molecule has 2 bridgehead atoms. The molecule has 0 radical (unpaired) electrons. The van der Waals surface area contributed by atoms with Crippen molar-refractivity contribution in [1.82, 2.24) is 14.5 Å². The lowest BCUT2D eigenvalue weighted by atomic mass is 9.73. The number of hydrogen-bond acceptors (Lipinski definition) is 6. The van der Waals surface area contributed by atoms with Crippen LogP contribution in [0.2, 0.25) is 0 Å². The molecule has 10 nitrogen and oxygen atoms in total. The van der Waals surface area contributed by atoms with Crippen LogP contribution in [0.5, 0.6) is 0 Å². The Morgan fingerprint density at radius 1 is 1.09 bits per heavy atom. The number of nitrogens with one attached hydrogen (secondary N) is 2. The van der Waals surface area contributed by atoms with Crippen molar-refractivity contribution in [3.63, 3.8) is 0 Å². The van der Waals surface area contributed by atoms with Gasteiger partial charge in [0.25, 0.3) is 0 Å². The Morgan fingerprint density at radius 2 is 1.74 bits per heavy atom. The molecule has 0 aromatic heterocycles. The molecule has 3 fully saturated rings. The van der Waals surface area contributed by atoms with Gasteiger partial charge >= 0.3 is 6.09 Å². The van der Waals surface area contributed by atoms with E-state index in [1.54, 1.807) is 0 Å². The Morgan fingerprint density at radius 3 is 2.40 bits per heavy atom. The van der Waals surface area contributed by atoms with Gasteiger partial charge < -0.3 is 20.5 Å². The summed E-state index contributed by atoms with van der Waals surface area (Å²) in [5, 5.41) is 16.0. The lowest BCUT2D eigenvalue weighted by Crippen LogP contribution is -2.57. The molecule has 8 atom stereocenters. The molecule has 14 heteroatoms. The maximum absolute atomic E-state index is 15.5. The molecule has 3 N–H and O–H groups in total. The predicted molar refractivity (Wildman–Crippen MR) is 170 cm³/mol. The van der Waals surface area contributed by atoms with Gasteiger partial charge in [-0.2, -0.15) is 4.31 Å². The third-order valence-electron chi connectivity index (χ3n) is 9.77. The van der Waals surface area contributed by atoms with Gasteiger partial charge in [-0.25, -0.2) is 26.4 Å². The summed E-state index contributed by atoms with van der Waals surface area (Å²) < 4.78 is 78.2. The molecule has 3 aliphatic rings. The highest BCUT2D eigenvalue weighted by molar-refractivity contribution is 7.89. The van der Waals surface area contributed by atoms with Crippen molar-refractivity contribution in [2.24, 2.45) is 5.92 Å². The number of anilines is 1. The van der Waals surface area contributed by atoms with Crippen molar-refractivity contribution >= 4 is 27.7 Å². The first-order valence-electron chi connectivity index (χ1n) is 16.1. The van der Waals surface area contributed by atoms with Gasteiger partial charge in [-0.05, 0) is 88.1 Å². The zero-order valence-corrected chi connectivity index (χ0v) is 27.6. The fraction of sp³-hybridized carbons (Fsp3) is 0.576. The van der Waals surface area contributed by atoms with E-state index in [4.69, 9.17) is 4.74 Å². The van der Waals surface area contributed by atoms with Gasteiger partial charge in [0.15, 0.2) is 0 Å². The van der Waals surface area contributed by atoms with E-state index in [9.17, 15) is 27.5 Å². The van der Waals surface area contributed by atoms with E-state index < -0.39 is 63.2 Å². The quantitative estimate of drug-likeness (QED) is 0.350. The Kier molecular flexibility index (Phi) is 10.8.